The molecular formula is C16H25NOS. The van der Waals surface area contributed by atoms with Crippen molar-refractivity contribution in [3.63, 3.8) is 0 Å². The van der Waals surface area contributed by atoms with Crippen LogP contribution in [0.5, 0.6) is 0 Å². The van der Waals surface area contributed by atoms with Gasteiger partial charge in [0.2, 0.25) is 0 Å². The molecule has 0 saturated carbocycles. The first-order valence-electron chi connectivity index (χ1n) is 7.05. The van der Waals surface area contributed by atoms with E-state index in [-0.39, 0.29) is 12.0 Å². The van der Waals surface area contributed by atoms with Crippen LogP contribution < -0.4 is 5.32 Å². The van der Waals surface area contributed by atoms with Gasteiger partial charge in [-0.05, 0) is 23.0 Å². The van der Waals surface area contributed by atoms with Crippen molar-refractivity contribution < 1.29 is 5.11 Å². The summed E-state index contributed by atoms with van der Waals surface area (Å²) in [5.41, 5.74) is 3.06. The molecule has 2 rings (SSSR count). The van der Waals surface area contributed by atoms with Crippen molar-refractivity contribution in [2.45, 2.75) is 45.0 Å². The van der Waals surface area contributed by atoms with E-state index >= 15 is 0 Å². The smallest absolute Gasteiger partial charge is 0.0446 e. The predicted octanol–water partition coefficient (Wildman–Crippen LogP) is 3.36. The third-order valence-corrected chi connectivity index (χ3v) is 4.92. The topological polar surface area (TPSA) is 32.3 Å². The minimum absolute atomic E-state index is 0.166. The molecule has 2 atom stereocenters. The van der Waals surface area contributed by atoms with Crippen LogP contribution in [0, 0.1) is 5.41 Å². The van der Waals surface area contributed by atoms with Gasteiger partial charge in [-0.2, -0.15) is 11.8 Å². The second kappa shape index (κ2) is 6.29. The predicted molar refractivity (Wildman–Crippen MR) is 83.4 cm³/mol. The Morgan fingerprint density at radius 3 is 2.79 bits per heavy atom. The first kappa shape index (κ1) is 14.9. The van der Waals surface area contributed by atoms with E-state index in [9.17, 15) is 5.11 Å². The average molecular weight is 279 g/mol. The molecule has 1 heterocycles. The molecule has 2 N–H and O–H groups in total. The van der Waals surface area contributed by atoms with Gasteiger partial charge in [-0.15, -0.1) is 0 Å². The molecular weight excluding hydrogens is 254 g/mol. The van der Waals surface area contributed by atoms with Crippen molar-refractivity contribution >= 4 is 11.8 Å². The van der Waals surface area contributed by atoms with Crippen LogP contribution in [0.15, 0.2) is 24.3 Å². The Kier molecular flexibility index (Phi) is 4.93. The van der Waals surface area contributed by atoms with E-state index in [0.29, 0.717) is 12.1 Å². The highest BCUT2D eigenvalue weighted by Crippen LogP contribution is 2.33. The van der Waals surface area contributed by atoms with Crippen LogP contribution in [0.4, 0.5) is 0 Å². The third kappa shape index (κ3) is 3.74. The summed E-state index contributed by atoms with van der Waals surface area (Å²) in [5, 5.41) is 13.1. The van der Waals surface area contributed by atoms with Gasteiger partial charge in [-0.1, -0.05) is 45.0 Å². The molecule has 0 spiro atoms. The van der Waals surface area contributed by atoms with Gasteiger partial charge in [-0.3, -0.25) is 0 Å². The minimum Gasteiger partial charge on any atom is -0.396 e. The second-order valence-corrected chi connectivity index (χ2v) is 7.39. The van der Waals surface area contributed by atoms with Crippen LogP contribution in [-0.2, 0) is 5.75 Å². The largest absolute Gasteiger partial charge is 0.396 e. The number of aliphatic hydroxyl groups is 1. The average Bonchev–Trinajstić information content (AvgIpc) is 2.37. The molecule has 106 valence electrons. The van der Waals surface area contributed by atoms with Gasteiger partial charge in [-0.25, -0.2) is 0 Å². The molecule has 1 aliphatic heterocycles. The molecule has 0 aromatic heterocycles. The monoisotopic (exact) mass is 279 g/mol. The Labute approximate surface area is 121 Å². The lowest BCUT2D eigenvalue weighted by Crippen LogP contribution is -2.44. The summed E-state index contributed by atoms with van der Waals surface area (Å²) in [6, 6.07) is 9.47. The standard InChI is InChI=1S/C16H25NOS/c1-16(2,3)15(8-9-18)17-14-11-19-10-12-6-4-5-7-13(12)14/h4-7,14-15,17-18H,8-11H2,1-3H3. The first-order chi connectivity index (χ1) is 9.02. The van der Waals surface area contributed by atoms with Crippen LogP contribution in [0.2, 0.25) is 0 Å². The molecule has 0 aliphatic carbocycles. The Bertz CT molecular complexity index is 413. The number of aliphatic hydroxyl groups excluding tert-OH is 1. The van der Waals surface area contributed by atoms with Gasteiger partial charge >= 0.3 is 0 Å². The maximum Gasteiger partial charge on any atom is 0.0446 e. The molecule has 0 bridgehead atoms. The second-order valence-electron chi connectivity index (χ2n) is 6.36. The van der Waals surface area contributed by atoms with Crippen molar-refractivity contribution in [1.29, 1.82) is 0 Å². The lowest BCUT2D eigenvalue weighted by molar-refractivity contribution is 0.188. The molecule has 3 heteroatoms. The normalized spacial score (nSPS) is 20.9. The highest BCUT2D eigenvalue weighted by Gasteiger charge is 2.29. The fourth-order valence-corrected chi connectivity index (χ4v) is 3.77. The zero-order chi connectivity index (χ0) is 13.9. The minimum atomic E-state index is 0.166. The number of rotatable bonds is 4. The van der Waals surface area contributed by atoms with Crippen LogP contribution >= 0.6 is 11.8 Å². The van der Waals surface area contributed by atoms with E-state index in [2.05, 4.69) is 50.4 Å². The lowest BCUT2D eigenvalue weighted by atomic mass is 9.84. The van der Waals surface area contributed by atoms with Crippen molar-refractivity contribution in [3.8, 4) is 0 Å². The fourth-order valence-electron chi connectivity index (χ4n) is 2.66. The van der Waals surface area contributed by atoms with Crippen LogP contribution in [0.25, 0.3) is 0 Å². The number of fused-ring (bicyclic) bond motifs is 1. The van der Waals surface area contributed by atoms with Crippen molar-refractivity contribution in [1.82, 2.24) is 5.32 Å². The number of benzene rings is 1. The summed E-state index contributed by atoms with van der Waals surface area (Å²) in [4.78, 5) is 0. The van der Waals surface area contributed by atoms with E-state index in [1.54, 1.807) is 0 Å². The Morgan fingerprint density at radius 2 is 2.11 bits per heavy atom. The molecule has 2 nitrogen and oxygen atoms in total. The molecule has 0 radical (unpaired) electrons. The molecule has 1 aromatic carbocycles. The summed E-state index contributed by atoms with van der Waals surface area (Å²) in [6.45, 7) is 6.96. The Morgan fingerprint density at radius 1 is 1.37 bits per heavy atom. The fraction of sp³-hybridized carbons (Fsp3) is 0.625. The number of hydrogen-bond acceptors (Lipinski definition) is 3. The molecule has 0 saturated heterocycles. The highest BCUT2D eigenvalue weighted by atomic mass is 32.2. The zero-order valence-electron chi connectivity index (χ0n) is 12.1. The van der Waals surface area contributed by atoms with E-state index in [0.717, 1.165) is 17.9 Å². The summed E-state index contributed by atoms with van der Waals surface area (Å²) >= 11 is 1.99. The van der Waals surface area contributed by atoms with E-state index in [1.807, 2.05) is 11.8 Å². The SMILES string of the molecule is CC(C)(C)C(CCO)NC1CSCc2ccccc21. The molecule has 1 aliphatic rings. The van der Waals surface area contributed by atoms with Crippen molar-refractivity contribution in [2.75, 3.05) is 12.4 Å². The molecule has 1 aromatic rings. The first-order valence-corrected chi connectivity index (χ1v) is 8.20. The van der Waals surface area contributed by atoms with E-state index in [1.165, 1.54) is 11.1 Å². The van der Waals surface area contributed by atoms with E-state index in [4.69, 9.17) is 0 Å². The maximum atomic E-state index is 9.28. The number of nitrogens with one attached hydrogen (secondary N) is 1. The van der Waals surface area contributed by atoms with Crippen molar-refractivity contribution in [2.24, 2.45) is 5.41 Å². The lowest BCUT2D eigenvalue weighted by Gasteiger charge is -2.37. The van der Waals surface area contributed by atoms with Gasteiger partial charge in [0.15, 0.2) is 0 Å². The van der Waals surface area contributed by atoms with Crippen LogP contribution in [-0.4, -0.2) is 23.5 Å². The summed E-state index contributed by atoms with van der Waals surface area (Å²) in [7, 11) is 0. The summed E-state index contributed by atoms with van der Waals surface area (Å²) < 4.78 is 0. The van der Waals surface area contributed by atoms with E-state index < -0.39 is 0 Å². The van der Waals surface area contributed by atoms with Gasteiger partial charge in [0.1, 0.15) is 0 Å². The summed E-state index contributed by atoms with van der Waals surface area (Å²) in [5.74, 6) is 2.24. The summed E-state index contributed by atoms with van der Waals surface area (Å²) in [6.07, 6.45) is 0.812. The highest BCUT2D eigenvalue weighted by molar-refractivity contribution is 7.98. The zero-order valence-corrected chi connectivity index (χ0v) is 13.0. The number of hydrogen-bond donors (Lipinski definition) is 2. The van der Waals surface area contributed by atoms with Gasteiger partial charge in [0.05, 0.1) is 0 Å². The Hall–Kier alpha value is -0.510. The Balaban J connectivity index is 2.15. The van der Waals surface area contributed by atoms with Crippen molar-refractivity contribution in [3.05, 3.63) is 35.4 Å². The molecule has 19 heavy (non-hydrogen) atoms. The molecule has 0 amide bonds. The molecule has 2 unspecified atom stereocenters. The van der Waals surface area contributed by atoms with Crippen LogP contribution in [0.1, 0.15) is 44.4 Å². The molecule has 0 fully saturated rings. The van der Waals surface area contributed by atoms with Crippen LogP contribution in [0.3, 0.4) is 0 Å². The number of thioether (sulfide) groups is 1. The van der Waals surface area contributed by atoms with Gasteiger partial charge in [0.25, 0.3) is 0 Å². The third-order valence-electron chi connectivity index (χ3n) is 3.84. The maximum absolute atomic E-state index is 9.28. The van der Waals surface area contributed by atoms with Gasteiger partial charge < -0.3 is 10.4 Å². The quantitative estimate of drug-likeness (QED) is 0.886. The van der Waals surface area contributed by atoms with Gasteiger partial charge in [0, 0.05) is 30.2 Å².